The van der Waals surface area contributed by atoms with Crippen LogP contribution in [0.2, 0.25) is 0 Å². The molecule has 0 saturated carbocycles. The first-order chi connectivity index (χ1) is 9.00. The van der Waals surface area contributed by atoms with Crippen LogP contribution in [0.5, 0.6) is 5.75 Å². The number of hydrogen-bond acceptors (Lipinski definition) is 8. The van der Waals surface area contributed by atoms with Crippen molar-refractivity contribution >= 4 is 37.4 Å². The van der Waals surface area contributed by atoms with Crippen molar-refractivity contribution in [2.45, 2.75) is 9.79 Å². The van der Waals surface area contributed by atoms with Crippen molar-refractivity contribution in [1.29, 1.82) is 0 Å². The van der Waals surface area contributed by atoms with E-state index in [-0.39, 0.29) is 50.9 Å². The van der Waals surface area contributed by atoms with E-state index < -0.39 is 31.6 Å². The van der Waals surface area contributed by atoms with Crippen molar-refractivity contribution in [2.24, 2.45) is 0 Å². The predicted molar refractivity (Wildman–Crippen MR) is 71.7 cm³/mol. The van der Waals surface area contributed by atoms with Crippen molar-refractivity contribution in [3.8, 4) is 5.75 Å². The molecule has 0 unspecified atom stereocenters. The Bertz CT molecular complexity index is 801. The topological polar surface area (TPSA) is 164 Å². The Balaban J connectivity index is 0.00000220. The quantitative estimate of drug-likeness (QED) is 0.253. The first-order valence-corrected chi connectivity index (χ1v) is 7.94. The number of hydrogen-bond donors (Lipinski definition) is 5. The molecular formula is C10H10NNaO7S2. The van der Waals surface area contributed by atoms with Crippen LogP contribution in [0.25, 0.3) is 10.8 Å². The molecule has 0 spiro atoms. The minimum absolute atomic E-state index is 0. The van der Waals surface area contributed by atoms with Crippen molar-refractivity contribution in [2.75, 3.05) is 5.73 Å². The van der Waals surface area contributed by atoms with Gasteiger partial charge in [0.2, 0.25) is 0 Å². The molecule has 0 atom stereocenters. The summed E-state index contributed by atoms with van der Waals surface area (Å²) < 4.78 is 60.4. The van der Waals surface area contributed by atoms with Crippen LogP contribution >= 0.6 is 10.9 Å². The Morgan fingerprint density at radius 1 is 1.00 bits per heavy atom. The van der Waals surface area contributed by atoms with Gasteiger partial charge >= 0.3 is 29.6 Å². The summed E-state index contributed by atoms with van der Waals surface area (Å²) in [5.41, 5.74) is 5.49. The van der Waals surface area contributed by atoms with Crippen LogP contribution in [0.15, 0.2) is 34.1 Å². The molecule has 8 nitrogen and oxygen atoms in total. The van der Waals surface area contributed by atoms with E-state index in [0.29, 0.717) is 0 Å². The zero-order chi connectivity index (χ0) is 15.3. The number of rotatable bonds is 2. The van der Waals surface area contributed by atoms with E-state index in [9.17, 15) is 18.1 Å². The number of aromatic hydroxyl groups is 1. The Labute approximate surface area is 143 Å². The van der Waals surface area contributed by atoms with E-state index in [2.05, 4.69) is 0 Å². The van der Waals surface area contributed by atoms with Gasteiger partial charge in [-0.25, -0.2) is 8.42 Å². The summed E-state index contributed by atoms with van der Waals surface area (Å²) in [6, 6.07) is 3.72. The van der Waals surface area contributed by atoms with E-state index in [4.69, 9.17) is 19.4 Å². The molecule has 0 radical (unpaired) electrons. The van der Waals surface area contributed by atoms with Gasteiger partial charge in [0.15, 0.2) is 0 Å². The van der Waals surface area contributed by atoms with Gasteiger partial charge in [-0.2, -0.15) is 0 Å². The Morgan fingerprint density at radius 3 is 2.00 bits per heavy atom. The normalized spacial score (nSPS) is 13.0. The van der Waals surface area contributed by atoms with Gasteiger partial charge in [0.1, 0.15) is 26.7 Å². The van der Waals surface area contributed by atoms with Crippen molar-refractivity contribution in [3.63, 3.8) is 0 Å². The van der Waals surface area contributed by atoms with E-state index in [1.54, 1.807) is 0 Å². The van der Waals surface area contributed by atoms with Crippen molar-refractivity contribution in [1.82, 2.24) is 0 Å². The number of anilines is 1. The van der Waals surface area contributed by atoms with Crippen LogP contribution in [0.1, 0.15) is 0 Å². The van der Waals surface area contributed by atoms with Crippen LogP contribution in [-0.2, 0) is 10.1 Å². The van der Waals surface area contributed by atoms with Crippen molar-refractivity contribution in [3.05, 3.63) is 24.3 Å². The summed E-state index contributed by atoms with van der Waals surface area (Å²) in [7, 11) is -8.88. The third kappa shape index (κ3) is 3.80. The molecule has 0 amide bonds. The number of benzene rings is 2. The fourth-order valence-corrected chi connectivity index (χ4v) is 2.87. The summed E-state index contributed by atoms with van der Waals surface area (Å²) >= 11 is 0. The molecule has 2 aromatic carbocycles. The maximum Gasteiger partial charge on any atom is 1.00 e. The third-order valence-electron chi connectivity index (χ3n) is 2.61. The van der Waals surface area contributed by atoms with Gasteiger partial charge in [0.25, 0.3) is 0 Å². The number of nitrogens with two attached hydrogens (primary N) is 1. The molecule has 2 rings (SSSR count). The minimum atomic E-state index is -4.81. The van der Waals surface area contributed by atoms with E-state index in [0.717, 1.165) is 24.3 Å². The molecular weight excluding hydrogens is 333 g/mol. The SMILES string of the molecule is Nc1cc(S(O)(O)O)cc2cc(S(=O)(=O)[O-])cc(O)c12.[Na+]. The fourth-order valence-electron chi connectivity index (χ4n) is 1.77. The molecule has 0 aromatic heterocycles. The fraction of sp³-hybridized carbons (Fsp3) is 0. The third-order valence-corrected chi connectivity index (χ3v) is 4.29. The monoisotopic (exact) mass is 343 g/mol. The molecule has 0 aliphatic rings. The minimum Gasteiger partial charge on any atom is -0.744 e. The van der Waals surface area contributed by atoms with Gasteiger partial charge < -0.3 is 29.1 Å². The average Bonchev–Trinajstić information content (AvgIpc) is 2.25. The van der Waals surface area contributed by atoms with Crippen molar-refractivity contribution < 1.29 is 61.3 Å². The van der Waals surface area contributed by atoms with Gasteiger partial charge in [-0.3, -0.25) is 0 Å². The molecule has 0 aliphatic carbocycles. The number of nitrogen functional groups attached to an aromatic ring is 1. The smallest absolute Gasteiger partial charge is 0.744 e. The molecule has 0 fully saturated rings. The van der Waals surface area contributed by atoms with Crippen LogP contribution in [0, 0.1) is 0 Å². The second-order valence-electron chi connectivity index (χ2n) is 4.03. The maximum absolute atomic E-state index is 11.0. The average molecular weight is 343 g/mol. The van der Waals surface area contributed by atoms with E-state index in [1.165, 1.54) is 0 Å². The van der Waals surface area contributed by atoms with Gasteiger partial charge in [0, 0.05) is 11.1 Å². The molecule has 0 aliphatic heterocycles. The van der Waals surface area contributed by atoms with Crippen LogP contribution in [-0.4, -0.2) is 31.7 Å². The number of phenolic OH excluding ortho intramolecular Hbond substituents is 1. The molecule has 21 heavy (non-hydrogen) atoms. The predicted octanol–water partition coefficient (Wildman–Crippen LogP) is -1.38. The van der Waals surface area contributed by atoms with E-state index in [1.807, 2.05) is 0 Å². The molecule has 0 saturated heterocycles. The number of fused-ring (bicyclic) bond motifs is 1. The summed E-state index contributed by atoms with van der Waals surface area (Å²) in [5, 5.41) is 9.73. The zero-order valence-corrected chi connectivity index (χ0v) is 14.3. The van der Waals surface area contributed by atoms with Gasteiger partial charge in [-0.1, -0.05) is 0 Å². The van der Waals surface area contributed by atoms with Gasteiger partial charge in [-0.15, -0.1) is 0 Å². The summed E-state index contributed by atoms with van der Waals surface area (Å²) in [6.45, 7) is 0. The largest absolute Gasteiger partial charge is 1.00 e. The molecule has 6 N–H and O–H groups in total. The second kappa shape index (κ2) is 5.91. The summed E-state index contributed by atoms with van der Waals surface area (Å²) in [6.07, 6.45) is 0. The van der Waals surface area contributed by atoms with Gasteiger partial charge in [-0.05, 0) is 29.7 Å². The zero-order valence-electron chi connectivity index (χ0n) is 10.7. The van der Waals surface area contributed by atoms with Crippen LogP contribution in [0.4, 0.5) is 5.69 Å². The Morgan fingerprint density at radius 2 is 1.52 bits per heavy atom. The molecule has 2 aromatic rings. The van der Waals surface area contributed by atoms with E-state index >= 15 is 0 Å². The first kappa shape index (κ1) is 18.5. The molecule has 0 bridgehead atoms. The number of phenols is 1. The van der Waals surface area contributed by atoms with Crippen LogP contribution < -0.4 is 35.3 Å². The second-order valence-corrected chi connectivity index (χ2v) is 6.91. The van der Waals surface area contributed by atoms with Gasteiger partial charge in [0.05, 0.1) is 9.79 Å². The summed E-state index contributed by atoms with van der Waals surface area (Å²) in [5.74, 6) is -0.546. The Kier molecular flexibility index (Phi) is 5.20. The standard InChI is InChI=1S/C10H11NO7S2.Na/c11-8-3-6(19(13,14)15)1-5-2-7(20(16,17)18)4-9(12)10(5)8;/h1-4,12-15H,11H2,(H,16,17,18);/q;+1/p-1. The first-order valence-electron chi connectivity index (χ1n) is 5.03. The van der Waals surface area contributed by atoms with Crippen LogP contribution in [0.3, 0.4) is 0 Å². The molecule has 110 valence electrons. The summed E-state index contributed by atoms with van der Waals surface area (Å²) in [4.78, 5) is -1.06. The molecule has 11 heteroatoms. The Hall–Kier alpha value is -0.560. The maximum atomic E-state index is 11.0. The molecule has 0 heterocycles.